The Hall–Kier alpha value is -3.53. The van der Waals surface area contributed by atoms with Gasteiger partial charge in [0.15, 0.2) is 0 Å². The summed E-state index contributed by atoms with van der Waals surface area (Å²) < 4.78 is 5.77. The van der Waals surface area contributed by atoms with E-state index < -0.39 is 5.97 Å². The maximum Gasteiger partial charge on any atom is 0.335 e. The molecular weight excluding hydrogens is 338 g/mol. The number of nitrogens with one attached hydrogen (secondary N) is 1. The van der Waals surface area contributed by atoms with Crippen LogP contribution in [0.4, 0.5) is 0 Å². The van der Waals surface area contributed by atoms with E-state index in [4.69, 9.17) is 9.84 Å². The Morgan fingerprint density at radius 2 is 1.67 bits per heavy atom. The van der Waals surface area contributed by atoms with Crippen molar-refractivity contribution < 1.29 is 14.6 Å². The third-order valence-electron chi connectivity index (χ3n) is 4.83. The number of aromatic nitrogens is 1. The fourth-order valence-corrected chi connectivity index (χ4v) is 3.46. The number of fused-ring (bicyclic) bond motifs is 1. The van der Waals surface area contributed by atoms with E-state index in [-0.39, 0.29) is 5.56 Å². The van der Waals surface area contributed by atoms with Crippen molar-refractivity contribution in [3.8, 4) is 28.3 Å². The molecule has 0 unspecified atom stereocenters. The van der Waals surface area contributed by atoms with Crippen molar-refractivity contribution >= 4 is 16.7 Å². The van der Waals surface area contributed by atoms with Gasteiger partial charge in [0.1, 0.15) is 5.75 Å². The van der Waals surface area contributed by atoms with Crippen molar-refractivity contribution in [1.29, 1.82) is 0 Å². The van der Waals surface area contributed by atoms with Crippen LogP contribution in [0.25, 0.3) is 33.3 Å². The Labute approximate surface area is 157 Å². The molecule has 0 bridgehead atoms. The molecule has 0 aliphatic rings. The second-order valence-electron chi connectivity index (χ2n) is 6.49. The molecule has 0 amide bonds. The molecule has 4 aromatic rings. The smallest absolute Gasteiger partial charge is 0.335 e. The largest absolute Gasteiger partial charge is 0.495 e. The highest BCUT2D eigenvalue weighted by Gasteiger charge is 2.14. The first-order chi connectivity index (χ1) is 13.1. The van der Waals surface area contributed by atoms with E-state index in [0.29, 0.717) is 0 Å². The summed E-state index contributed by atoms with van der Waals surface area (Å²) in [5, 5.41) is 11.3. The van der Waals surface area contributed by atoms with Gasteiger partial charge in [-0.15, -0.1) is 0 Å². The number of hydrogen-bond donors (Lipinski definition) is 2. The lowest BCUT2D eigenvalue weighted by Crippen LogP contribution is -1.95. The summed E-state index contributed by atoms with van der Waals surface area (Å²) in [4.78, 5) is 14.4. The number of aromatic carboxylic acids is 1. The summed E-state index contributed by atoms with van der Waals surface area (Å²) >= 11 is 0. The van der Waals surface area contributed by atoms with E-state index in [2.05, 4.69) is 36.2 Å². The van der Waals surface area contributed by atoms with Crippen LogP contribution in [0.2, 0.25) is 0 Å². The number of carbonyl (C=O) groups is 1. The number of aromatic amines is 1. The van der Waals surface area contributed by atoms with E-state index >= 15 is 0 Å². The third-order valence-corrected chi connectivity index (χ3v) is 4.83. The SMILES string of the molecule is COc1c(-c2ccc(-c3ccc(C(=O)O)cc3)[nH]2)ccc2cccc(C)c12. The number of benzene rings is 3. The van der Waals surface area contributed by atoms with Crippen LogP contribution in [-0.2, 0) is 0 Å². The average molecular weight is 357 g/mol. The van der Waals surface area contributed by atoms with Gasteiger partial charge in [0.25, 0.3) is 0 Å². The first kappa shape index (κ1) is 16.9. The van der Waals surface area contributed by atoms with Gasteiger partial charge in [-0.2, -0.15) is 0 Å². The van der Waals surface area contributed by atoms with E-state index in [0.717, 1.165) is 39.0 Å². The fourth-order valence-electron chi connectivity index (χ4n) is 3.46. The van der Waals surface area contributed by atoms with Crippen molar-refractivity contribution in [3.05, 3.63) is 77.9 Å². The molecule has 2 N–H and O–H groups in total. The highest BCUT2D eigenvalue weighted by molar-refractivity contribution is 5.97. The Balaban J connectivity index is 1.79. The van der Waals surface area contributed by atoms with Gasteiger partial charge in [0.2, 0.25) is 0 Å². The molecule has 0 radical (unpaired) electrons. The first-order valence-corrected chi connectivity index (χ1v) is 8.68. The highest BCUT2D eigenvalue weighted by Crippen LogP contribution is 2.38. The molecule has 0 saturated carbocycles. The maximum absolute atomic E-state index is 11.0. The predicted molar refractivity (Wildman–Crippen MR) is 107 cm³/mol. The molecule has 0 saturated heterocycles. The molecule has 4 nitrogen and oxygen atoms in total. The molecule has 4 heteroatoms. The van der Waals surface area contributed by atoms with Gasteiger partial charge in [0, 0.05) is 22.3 Å². The molecule has 4 rings (SSSR count). The molecule has 0 fully saturated rings. The van der Waals surface area contributed by atoms with Gasteiger partial charge in [-0.1, -0.05) is 36.4 Å². The number of hydrogen-bond acceptors (Lipinski definition) is 2. The molecule has 134 valence electrons. The highest BCUT2D eigenvalue weighted by atomic mass is 16.5. The molecular formula is C23H19NO3. The van der Waals surface area contributed by atoms with Crippen molar-refractivity contribution in [2.75, 3.05) is 7.11 Å². The van der Waals surface area contributed by atoms with Crippen molar-refractivity contribution in [2.24, 2.45) is 0 Å². The Kier molecular flexibility index (Phi) is 4.16. The van der Waals surface area contributed by atoms with Gasteiger partial charge < -0.3 is 14.8 Å². The summed E-state index contributed by atoms with van der Waals surface area (Å²) in [6.07, 6.45) is 0. The van der Waals surface area contributed by atoms with E-state index in [9.17, 15) is 4.79 Å². The van der Waals surface area contributed by atoms with Gasteiger partial charge in [-0.05, 0) is 53.8 Å². The zero-order valence-electron chi connectivity index (χ0n) is 15.1. The molecule has 0 spiro atoms. The number of carboxylic acids is 1. The molecule has 1 heterocycles. The zero-order chi connectivity index (χ0) is 19.0. The topological polar surface area (TPSA) is 62.3 Å². The molecule has 3 aromatic carbocycles. The molecule has 0 aliphatic carbocycles. The van der Waals surface area contributed by atoms with Gasteiger partial charge in [0.05, 0.1) is 12.7 Å². The summed E-state index contributed by atoms with van der Waals surface area (Å²) in [7, 11) is 1.69. The molecule has 0 atom stereocenters. The third kappa shape index (κ3) is 2.95. The lowest BCUT2D eigenvalue weighted by molar-refractivity contribution is 0.0697. The van der Waals surface area contributed by atoms with Crippen LogP contribution in [-0.4, -0.2) is 23.2 Å². The van der Waals surface area contributed by atoms with Crippen LogP contribution in [0.1, 0.15) is 15.9 Å². The Morgan fingerprint density at radius 3 is 2.37 bits per heavy atom. The van der Waals surface area contributed by atoms with E-state index in [1.165, 1.54) is 5.56 Å². The van der Waals surface area contributed by atoms with Gasteiger partial charge in [-0.3, -0.25) is 0 Å². The Morgan fingerprint density at radius 1 is 0.926 bits per heavy atom. The van der Waals surface area contributed by atoms with E-state index in [1.807, 2.05) is 18.2 Å². The number of rotatable bonds is 4. The van der Waals surface area contributed by atoms with Crippen LogP contribution in [0.3, 0.4) is 0 Å². The average Bonchev–Trinajstić information content (AvgIpc) is 3.17. The molecule has 1 aromatic heterocycles. The van der Waals surface area contributed by atoms with Gasteiger partial charge >= 0.3 is 5.97 Å². The zero-order valence-corrected chi connectivity index (χ0v) is 15.1. The van der Waals surface area contributed by atoms with Crippen LogP contribution in [0.15, 0.2) is 66.7 Å². The number of methoxy groups -OCH3 is 1. The lowest BCUT2D eigenvalue weighted by atomic mass is 10.00. The second kappa shape index (κ2) is 6.65. The number of ether oxygens (including phenoxy) is 1. The van der Waals surface area contributed by atoms with Crippen LogP contribution < -0.4 is 4.74 Å². The van der Waals surface area contributed by atoms with Crippen molar-refractivity contribution in [3.63, 3.8) is 0 Å². The minimum atomic E-state index is -0.926. The fraction of sp³-hybridized carbons (Fsp3) is 0.0870. The predicted octanol–water partition coefficient (Wildman–Crippen LogP) is 5.52. The summed E-state index contributed by atoms with van der Waals surface area (Å²) in [5.74, 6) is -0.0785. The Bertz CT molecular complexity index is 1140. The van der Waals surface area contributed by atoms with Crippen molar-refractivity contribution in [2.45, 2.75) is 6.92 Å². The minimum absolute atomic E-state index is 0.275. The molecule has 0 aliphatic heterocycles. The standard InChI is InChI=1S/C23H19NO3/c1-14-4-3-5-16-10-11-18(22(27-2)21(14)16)20-13-12-19(24-20)15-6-8-17(9-7-15)23(25)26/h3-13,24H,1-2H3,(H,25,26). The normalized spacial score (nSPS) is 10.9. The molecule has 27 heavy (non-hydrogen) atoms. The van der Waals surface area contributed by atoms with E-state index in [1.54, 1.807) is 31.4 Å². The number of carboxylic acid groups (broad SMARTS) is 1. The minimum Gasteiger partial charge on any atom is -0.495 e. The quantitative estimate of drug-likeness (QED) is 0.506. The first-order valence-electron chi connectivity index (χ1n) is 8.68. The van der Waals surface area contributed by atoms with Gasteiger partial charge in [-0.25, -0.2) is 4.79 Å². The monoisotopic (exact) mass is 357 g/mol. The summed E-state index contributed by atoms with van der Waals surface area (Å²) in [6, 6.07) is 21.2. The van der Waals surface area contributed by atoms with Crippen LogP contribution in [0, 0.1) is 6.92 Å². The second-order valence-corrected chi connectivity index (χ2v) is 6.49. The summed E-state index contributed by atoms with van der Waals surface area (Å²) in [6.45, 7) is 2.08. The van der Waals surface area contributed by atoms with Crippen LogP contribution in [0.5, 0.6) is 5.75 Å². The van der Waals surface area contributed by atoms with Crippen LogP contribution >= 0.6 is 0 Å². The summed E-state index contributed by atoms with van der Waals surface area (Å²) in [5.41, 5.74) is 5.25. The number of aryl methyl sites for hydroxylation is 1. The van der Waals surface area contributed by atoms with Crippen molar-refractivity contribution in [1.82, 2.24) is 4.98 Å². The number of H-pyrrole nitrogens is 1. The maximum atomic E-state index is 11.0. The lowest BCUT2D eigenvalue weighted by Gasteiger charge is -2.13.